The Morgan fingerprint density at radius 1 is 0.923 bits per heavy atom. The second kappa shape index (κ2) is 3.87. The van der Waals surface area contributed by atoms with Crippen LogP contribution in [0.1, 0.15) is 20.8 Å². The predicted octanol–water partition coefficient (Wildman–Crippen LogP) is 3.51. The third-order valence-electron chi connectivity index (χ3n) is 4.34. The van der Waals surface area contributed by atoms with Crippen molar-refractivity contribution in [2.75, 3.05) is 6.54 Å². The lowest BCUT2D eigenvalue weighted by atomic mass is 10.8. The Morgan fingerprint density at radius 3 is 1.54 bits per heavy atom. The molecule has 1 aliphatic rings. The molecule has 1 nitrogen and oxygen atoms in total. The molecule has 0 amide bonds. The molecule has 0 radical (unpaired) electrons. The topological polar surface area (TPSA) is 3.24 Å². The molecule has 0 aromatic rings. The van der Waals surface area contributed by atoms with E-state index in [1.54, 1.807) is 12.1 Å². The van der Waals surface area contributed by atoms with Gasteiger partial charge in [-0.25, -0.2) is 0 Å². The first kappa shape index (κ1) is 11.5. The summed E-state index contributed by atoms with van der Waals surface area (Å²) in [7, 11) is -1.90. The van der Waals surface area contributed by atoms with Crippen molar-refractivity contribution in [1.82, 2.24) is 4.23 Å². The number of hydrogen-bond acceptors (Lipinski definition) is 1. The summed E-state index contributed by atoms with van der Waals surface area (Å²) in [5.74, 6) is 0. The normalized spacial score (nSPS) is 41.3. The van der Waals surface area contributed by atoms with Gasteiger partial charge in [0.1, 0.15) is 16.5 Å². The summed E-state index contributed by atoms with van der Waals surface area (Å²) in [6.07, 6.45) is 0. The standard InChI is InChI=1S/C10H25NSi2/c1-6-11-12(4,7-2)9-10-13(11,5)8-3/h6-10H2,1-5H3. The third-order valence-corrected chi connectivity index (χ3v) is 17.0. The lowest BCUT2D eigenvalue weighted by Crippen LogP contribution is -2.56. The maximum atomic E-state index is 3.00. The average Bonchev–Trinajstić information content (AvgIpc) is 2.41. The fourth-order valence-corrected chi connectivity index (χ4v) is 17.6. The average molecular weight is 215 g/mol. The minimum Gasteiger partial charge on any atom is -0.345 e. The summed E-state index contributed by atoms with van der Waals surface area (Å²) in [6.45, 7) is 13.7. The fraction of sp³-hybridized carbons (Fsp3) is 1.00. The van der Waals surface area contributed by atoms with Crippen LogP contribution in [0.2, 0.25) is 37.3 Å². The van der Waals surface area contributed by atoms with Crippen LogP contribution in [0, 0.1) is 0 Å². The highest BCUT2D eigenvalue weighted by atomic mass is 28.4. The molecule has 1 saturated heterocycles. The molecule has 0 N–H and O–H groups in total. The van der Waals surface area contributed by atoms with Crippen molar-refractivity contribution in [1.29, 1.82) is 0 Å². The largest absolute Gasteiger partial charge is 0.345 e. The first-order chi connectivity index (χ1) is 6.02. The van der Waals surface area contributed by atoms with Crippen LogP contribution in [0.4, 0.5) is 0 Å². The molecule has 78 valence electrons. The Bertz CT molecular complexity index is 168. The SMILES string of the molecule is CCN1[Si](C)(CC)CC[Si]1(C)CC. The van der Waals surface area contributed by atoms with Crippen molar-refractivity contribution in [3.63, 3.8) is 0 Å². The summed E-state index contributed by atoms with van der Waals surface area (Å²) in [4.78, 5) is 0. The Morgan fingerprint density at radius 2 is 1.31 bits per heavy atom. The Labute approximate surface area is 85.7 Å². The molecule has 0 spiro atoms. The van der Waals surface area contributed by atoms with E-state index in [9.17, 15) is 0 Å². The molecular formula is C10H25NSi2. The van der Waals surface area contributed by atoms with E-state index in [1.807, 2.05) is 0 Å². The monoisotopic (exact) mass is 215 g/mol. The van der Waals surface area contributed by atoms with Gasteiger partial charge in [-0.1, -0.05) is 33.9 Å². The van der Waals surface area contributed by atoms with E-state index in [2.05, 4.69) is 38.1 Å². The van der Waals surface area contributed by atoms with E-state index in [1.165, 1.54) is 18.6 Å². The molecule has 2 atom stereocenters. The molecule has 1 aliphatic heterocycles. The van der Waals surface area contributed by atoms with E-state index in [0.717, 1.165) is 0 Å². The van der Waals surface area contributed by atoms with Gasteiger partial charge in [-0.2, -0.15) is 0 Å². The molecule has 0 saturated carbocycles. The summed E-state index contributed by atoms with van der Waals surface area (Å²) >= 11 is 0. The molecule has 1 rings (SSSR count). The van der Waals surface area contributed by atoms with Gasteiger partial charge < -0.3 is 4.23 Å². The smallest absolute Gasteiger partial charge is 0.118 e. The first-order valence-electron chi connectivity index (χ1n) is 5.80. The molecule has 13 heavy (non-hydrogen) atoms. The quantitative estimate of drug-likeness (QED) is 0.651. The Balaban J connectivity index is 2.86. The van der Waals surface area contributed by atoms with E-state index in [4.69, 9.17) is 0 Å². The summed E-state index contributed by atoms with van der Waals surface area (Å²) in [5, 5.41) is 0. The molecule has 2 unspecified atom stereocenters. The minimum atomic E-state index is -0.951. The van der Waals surface area contributed by atoms with Crippen LogP contribution in [-0.4, -0.2) is 27.2 Å². The molecule has 0 aromatic carbocycles. The van der Waals surface area contributed by atoms with Crippen molar-refractivity contribution >= 4 is 16.5 Å². The van der Waals surface area contributed by atoms with Crippen molar-refractivity contribution in [3.05, 3.63) is 0 Å². The van der Waals surface area contributed by atoms with Gasteiger partial charge >= 0.3 is 0 Å². The molecule has 0 aromatic heterocycles. The zero-order valence-corrected chi connectivity index (χ0v) is 12.0. The molecule has 3 heteroatoms. The Hall–Kier alpha value is 0.394. The number of rotatable bonds is 3. The fourth-order valence-electron chi connectivity index (χ4n) is 2.96. The third kappa shape index (κ3) is 1.78. The van der Waals surface area contributed by atoms with Crippen LogP contribution >= 0.6 is 0 Å². The van der Waals surface area contributed by atoms with Crippen LogP contribution in [0.25, 0.3) is 0 Å². The van der Waals surface area contributed by atoms with Crippen LogP contribution in [-0.2, 0) is 0 Å². The van der Waals surface area contributed by atoms with Crippen LogP contribution < -0.4 is 0 Å². The van der Waals surface area contributed by atoms with Crippen molar-refractivity contribution < 1.29 is 0 Å². The van der Waals surface area contributed by atoms with Crippen LogP contribution in [0.5, 0.6) is 0 Å². The lowest BCUT2D eigenvalue weighted by molar-refractivity contribution is 0.649. The lowest BCUT2D eigenvalue weighted by Gasteiger charge is -2.41. The summed E-state index contributed by atoms with van der Waals surface area (Å²) in [6, 6.07) is 6.08. The predicted molar refractivity (Wildman–Crippen MR) is 66.2 cm³/mol. The Kier molecular flexibility index (Phi) is 3.41. The number of hydrogen-bond donors (Lipinski definition) is 0. The molecule has 1 fully saturated rings. The summed E-state index contributed by atoms with van der Waals surface area (Å²) < 4.78 is 3.00. The van der Waals surface area contributed by atoms with Crippen LogP contribution in [0.15, 0.2) is 0 Å². The highest BCUT2D eigenvalue weighted by Crippen LogP contribution is 2.40. The second-order valence-corrected chi connectivity index (χ2v) is 14.9. The van der Waals surface area contributed by atoms with Gasteiger partial charge in [-0.15, -0.1) is 0 Å². The van der Waals surface area contributed by atoms with Gasteiger partial charge in [0, 0.05) is 0 Å². The van der Waals surface area contributed by atoms with E-state index in [-0.39, 0.29) is 0 Å². The van der Waals surface area contributed by atoms with E-state index < -0.39 is 16.5 Å². The minimum absolute atomic E-state index is 0.951. The molecule has 1 heterocycles. The zero-order valence-electron chi connectivity index (χ0n) is 9.98. The van der Waals surface area contributed by atoms with Crippen molar-refractivity contribution in [2.24, 2.45) is 0 Å². The molecule has 0 aliphatic carbocycles. The van der Waals surface area contributed by atoms with Gasteiger partial charge in [0.2, 0.25) is 0 Å². The summed E-state index contributed by atoms with van der Waals surface area (Å²) in [5.41, 5.74) is 0. The first-order valence-corrected chi connectivity index (χ1v) is 11.5. The van der Waals surface area contributed by atoms with E-state index >= 15 is 0 Å². The second-order valence-electron chi connectivity index (χ2n) is 4.95. The van der Waals surface area contributed by atoms with Gasteiger partial charge in [0.25, 0.3) is 0 Å². The van der Waals surface area contributed by atoms with Crippen molar-refractivity contribution in [3.8, 4) is 0 Å². The molecular weight excluding hydrogens is 190 g/mol. The van der Waals surface area contributed by atoms with Gasteiger partial charge in [0.15, 0.2) is 0 Å². The van der Waals surface area contributed by atoms with Gasteiger partial charge in [0.05, 0.1) is 0 Å². The maximum Gasteiger partial charge on any atom is 0.118 e. The highest BCUT2D eigenvalue weighted by Gasteiger charge is 2.49. The highest BCUT2D eigenvalue weighted by molar-refractivity contribution is 6.96. The van der Waals surface area contributed by atoms with Crippen molar-refractivity contribution in [2.45, 2.75) is 58.0 Å². The zero-order chi connectivity index (χ0) is 10.1. The van der Waals surface area contributed by atoms with Gasteiger partial charge in [-0.05, 0) is 30.7 Å². The maximum absolute atomic E-state index is 3.00. The van der Waals surface area contributed by atoms with Gasteiger partial charge in [-0.3, -0.25) is 0 Å². The molecule has 0 bridgehead atoms. The van der Waals surface area contributed by atoms with E-state index in [0.29, 0.717) is 0 Å². The van der Waals surface area contributed by atoms with Crippen LogP contribution in [0.3, 0.4) is 0 Å². The number of nitrogens with zero attached hydrogens (tertiary/aromatic N) is 1.